The molecule has 0 aliphatic carbocycles. The van der Waals surface area contributed by atoms with Crippen molar-refractivity contribution in [2.45, 2.75) is 39.5 Å². The van der Waals surface area contributed by atoms with Gasteiger partial charge in [-0.25, -0.2) is 9.59 Å². The summed E-state index contributed by atoms with van der Waals surface area (Å²) in [5, 5.41) is 9.74. The minimum atomic E-state index is -0.875. The van der Waals surface area contributed by atoms with Gasteiger partial charge in [-0.2, -0.15) is 0 Å². The van der Waals surface area contributed by atoms with Gasteiger partial charge >= 0.3 is 11.8 Å². The second-order valence-corrected chi connectivity index (χ2v) is 6.48. The van der Waals surface area contributed by atoms with Crippen LogP contribution in [-0.2, 0) is 20.9 Å². The van der Waals surface area contributed by atoms with Crippen LogP contribution in [0.1, 0.15) is 25.4 Å². The standard InChI is InChI=1S/C15H17NO7S/c1-5-10-9(6(2)17)13(18)16(10)11(12(5)24)14(19)21-4-8-7(3)22-15(20)23-8/h5-6,9-10,17,24H,4H2,1-3H3/t5-,6-,9-,10-/m1/s1. The smallest absolute Gasteiger partial charge is 0.453 e. The maximum atomic E-state index is 12.4. The number of carbonyl (C=O) groups is 2. The van der Waals surface area contributed by atoms with Crippen LogP contribution in [0.4, 0.5) is 0 Å². The van der Waals surface area contributed by atoms with Crippen LogP contribution in [0, 0.1) is 18.8 Å². The molecule has 1 N–H and O–H groups in total. The third-order valence-corrected chi connectivity index (χ3v) is 5.12. The summed E-state index contributed by atoms with van der Waals surface area (Å²) >= 11 is 4.35. The number of hydrogen-bond acceptors (Lipinski definition) is 8. The molecule has 0 radical (unpaired) electrons. The molecule has 0 bridgehead atoms. The van der Waals surface area contributed by atoms with Gasteiger partial charge in [0.15, 0.2) is 18.1 Å². The second-order valence-electron chi connectivity index (χ2n) is 6.00. The molecule has 2 aliphatic rings. The van der Waals surface area contributed by atoms with Gasteiger partial charge in [0.05, 0.1) is 18.1 Å². The van der Waals surface area contributed by atoms with Gasteiger partial charge in [-0.15, -0.1) is 12.6 Å². The van der Waals surface area contributed by atoms with Crippen LogP contribution in [0.25, 0.3) is 0 Å². The van der Waals surface area contributed by atoms with Gasteiger partial charge in [-0.1, -0.05) is 6.92 Å². The number of ether oxygens (including phenoxy) is 1. The fourth-order valence-corrected chi connectivity index (χ4v) is 3.58. The summed E-state index contributed by atoms with van der Waals surface area (Å²) in [5.41, 5.74) is 0.0706. The normalized spacial score (nSPS) is 27.1. The molecule has 1 aromatic heterocycles. The van der Waals surface area contributed by atoms with Gasteiger partial charge in [-0.05, 0) is 13.8 Å². The highest BCUT2D eigenvalue weighted by atomic mass is 32.1. The van der Waals surface area contributed by atoms with Crippen molar-refractivity contribution in [2.75, 3.05) is 0 Å². The number of aliphatic hydroxyl groups excluding tert-OH is 1. The van der Waals surface area contributed by atoms with Gasteiger partial charge in [0.2, 0.25) is 5.91 Å². The first-order chi connectivity index (χ1) is 11.2. The second kappa shape index (κ2) is 5.82. The minimum Gasteiger partial charge on any atom is -0.453 e. The summed E-state index contributed by atoms with van der Waals surface area (Å²) in [5.74, 6) is -2.35. The zero-order chi connectivity index (χ0) is 17.8. The number of amides is 1. The number of hydrogen-bond donors (Lipinski definition) is 2. The van der Waals surface area contributed by atoms with E-state index in [1.54, 1.807) is 6.92 Å². The van der Waals surface area contributed by atoms with Crippen LogP contribution >= 0.6 is 12.6 Å². The van der Waals surface area contributed by atoms with Crippen molar-refractivity contribution in [2.24, 2.45) is 11.8 Å². The van der Waals surface area contributed by atoms with Crippen LogP contribution in [0.15, 0.2) is 24.2 Å². The Hall–Kier alpha value is -2.00. The van der Waals surface area contributed by atoms with Crippen molar-refractivity contribution in [3.05, 3.63) is 32.7 Å². The van der Waals surface area contributed by atoms with Gasteiger partial charge in [0.1, 0.15) is 5.70 Å². The van der Waals surface area contributed by atoms with E-state index in [4.69, 9.17) is 9.15 Å². The monoisotopic (exact) mass is 355 g/mol. The number of aryl methyl sites for hydroxylation is 1. The van der Waals surface area contributed by atoms with E-state index in [1.807, 2.05) is 6.92 Å². The number of aliphatic hydroxyl groups is 1. The molecule has 0 spiro atoms. The van der Waals surface area contributed by atoms with Crippen molar-refractivity contribution in [1.29, 1.82) is 0 Å². The molecule has 130 valence electrons. The molecule has 24 heavy (non-hydrogen) atoms. The Bertz CT molecular complexity index is 790. The zero-order valence-electron chi connectivity index (χ0n) is 13.3. The first-order valence-corrected chi connectivity index (χ1v) is 7.89. The quantitative estimate of drug-likeness (QED) is 0.462. The lowest BCUT2D eigenvalue weighted by Crippen LogP contribution is -2.63. The minimum absolute atomic E-state index is 0.0706. The summed E-state index contributed by atoms with van der Waals surface area (Å²) < 4.78 is 14.6. The van der Waals surface area contributed by atoms with Crippen molar-refractivity contribution in [3.8, 4) is 0 Å². The maximum Gasteiger partial charge on any atom is 0.519 e. The third-order valence-electron chi connectivity index (χ3n) is 4.50. The summed E-state index contributed by atoms with van der Waals surface area (Å²) in [6, 6.07) is -0.304. The van der Waals surface area contributed by atoms with Crippen molar-refractivity contribution >= 4 is 24.5 Å². The van der Waals surface area contributed by atoms with Crippen LogP contribution in [0.5, 0.6) is 0 Å². The van der Waals surface area contributed by atoms with E-state index >= 15 is 0 Å². The molecule has 3 rings (SSSR count). The molecule has 2 aliphatic heterocycles. The summed E-state index contributed by atoms with van der Waals surface area (Å²) in [4.78, 5) is 37.4. The lowest BCUT2D eigenvalue weighted by Gasteiger charge is -2.46. The van der Waals surface area contributed by atoms with Crippen molar-refractivity contribution < 1.29 is 28.3 Å². The lowest BCUT2D eigenvalue weighted by atomic mass is 9.79. The number of thiol groups is 1. The van der Waals surface area contributed by atoms with Crippen molar-refractivity contribution in [1.82, 2.24) is 4.90 Å². The number of rotatable bonds is 4. The lowest BCUT2D eigenvalue weighted by molar-refractivity contribution is -0.164. The van der Waals surface area contributed by atoms with Gasteiger partial charge in [-0.3, -0.25) is 4.79 Å². The number of β-lactam (4-membered cyclic amide) rings is 1. The predicted molar refractivity (Wildman–Crippen MR) is 82.8 cm³/mol. The van der Waals surface area contributed by atoms with E-state index in [1.165, 1.54) is 11.8 Å². The highest BCUT2D eigenvalue weighted by molar-refractivity contribution is 7.84. The SMILES string of the molecule is Cc1oc(=O)oc1COC(=O)C1=C(S)[C@H](C)[C@@H]2[C@@H]([C@@H](C)O)C(=O)N12. The molecule has 1 amide bonds. The van der Waals surface area contributed by atoms with E-state index < -0.39 is 23.8 Å². The molecule has 1 saturated heterocycles. The maximum absolute atomic E-state index is 12.4. The van der Waals surface area contributed by atoms with E-state index in [2.05, 4.69) is 17.0 Å². The third kappa shape index (κ3) is 2.39. The molecule has 0 aromatic carbocycles. The Kier molecular flexibility index (Phi) is 4.08. The Labute approximate surface area is 142 Å². The number of carbonyl (C=O) groups excluding carboxylic acids is 2. The first kappa shape index (κ1) is 16.8. The molecule has 8 nitrogen and oxygen atoms in total. The molecule has 1 aromatic rings. The highest BCUT2D eigenvalue weighted by Gasteiger charge is 2.59. The molecular formula is C15H17NO7S. The molecule has 3 heterocycles. The fourth-order valence-electron chi connectivity index (χ4n) is 3.23. The summed E-state index contributed by atoms with van der Waals surface area (Å²) in [7, 11) is 0. The predicted octanol–water partition coefficient (Wildman–Crippen LogP) is 0.583. The molecular weight excluding hydrogens is 338 g/mol. The van der Waals surface area contributed by atoms with Crippen LogP contribution in [0.3, 0.4) is 0 Å². The zero-order valence-corrected chi connectivity index (χ0v) is 14.2. The van der Waals surface area contributed by atoms with Crippen LogP contribution in [-0.4, -0.2) is 34.0 Å². The van der Waals surface area contributed by atoms with E-state index in [0.717, 1.165) is 0 Å². The molecule has 1 fully saturated rings. The Morgan fingerprint density at radius 2 is 2.08 bits per heavy atom. The largest absolute Gasteiger partial charge is 0.519 e. The van der Waals surface area contributed by atoms with Crippen LogP contribution in [0.2, 0.25) is 0 Å². The average Bonchev–Trinajstić information content (AvgIpc) is 2.93. The van der Waals surface area contributed by atoms with E-state index in [-0.39, 0.29) is 41.7 Å². The molecule has 0 saturated carbocycles. The van der Waals surface area contributed by atoms with Crippen LogP contribution < -0.4 is 5.82 Å². The average molecular weight is 355 g/mol. The van der Waals surface area contributed by atoms with Crippen molar-refractivity contribution in [3.63, 3.8) is 0 Å². The first-order valence-electron chi connectivity index (χ1n) is 7.44. The molecule has 0 unspecified atom stereocenters. The summed E-state index contributed by atoms with van der Waals surface area (Å²) in [6.45, 7) is 4.60. The van der Waals surface area contributed by atoms with Gasteiger partial charge in [0, 0.05) is 10.8 Å². The Balaban J connectivity index is 1.76. The Morgan fingerprint density at radius 3 is 2.62 bits per heavy atom. The highest BCUT2D eigenvalue weighted by Crippen LogP contribution is 2.48. The van der Waals surface area contributed by atoms with E-state index in [0.29, 0.717) is 4.91 Å². The fraction of sp³-hybridized carbons (Fsp3) is 0.533. The molecule has 9 heteroatoms. The number of nitrogens with zero attached hydrogens (tertiary/aromatic N) is 1. The Morgan fingerprint density at radius 1 is 1.42 bits per heavy atom. The number of fused-ring (bicyclic) bond motifs is 1. The summed E-state index contributed by atoms with van der Waals surface area (Å²) in [6.07, 6.45) is -0.805. The molecule has 4 atom stereocenters. The van der Waals surface area contributed by atoms with Gasteiger partial charge in [0.25, 0.3) is 0 Å². The topological polar surface area (TPSA) is 110 Å². The van der Waals surface area contributed by atoms with Gasteiger partial charge < -0.3 is 23.6 Å². The van der Waals surface area contributed by atoms with E-state index in [9.17, 15) is 19.5 Å². The number of esters is 1.